The van der Waals surface area contributed by atoms with Crippen molar-refractivity contribution in [1.29, 1.82) is 0 Å². The average molecular weight is 291 g/mol. The summed E-state index contributed by atoms with van der Waals surface area (Å²) in [6.45, 7) is 0. The van der Waals surface area contributed by atoms with Gasteiger partial charge in [-0.15, -0.1) is 0 Å². The number of carbonyl (C=O) groups is 2. The maximum absolute atomic E-state index is 11.4. The summed E-state index contributed by atoms with van der Waals surface area (Å²) in [5.41, 5.74) is 0.461. The first-order valence-electron chi connectivity index (χ1n) is 5.90. The number of rotatable bonds is 5. The molecule has 1 unspecified atom stereocenters. The van der Waals surface area contributed by atoms with Gasteiger partial charge in [0, 0.05) is 25.0 Å². The maximum Gasteiger partial charge on any atom is 0.376 e. The van der Waals surface area contributed by atoms with Gasteiger partial charge in [-0.25, -0.2) is 19.6 Å². The molecule has 0 saturated heterocycles. The van der Waals surface area contributed by atoms with E-state index in [0.717, 1.165) is 0 Å². The molecule has 110 valence electrons. The number of hydrogen-bond donors (Lipinski definition) is 2. The Hall–Kier alpha value is -2.97. The Bertz CT molecular complexity index is 669. The number of aromatic nitrogens is 4. The van der Waals surface area contributed by atoms with Crippen LogP contribution in [0.25, 0.3) is 0 Å². The van der Waals surface area contributed by atoms with Crippen LogP contribution in [-0.4, -0.2) is 43.9 Å². The van der Waals surface area contributed by atoms with Crippen molar-refractivity contribution in [3.05, 3.63) is 36.0 Å². The molecule has 9 nitrogen and oxygen atoms in total. The number of esters is 1. The Morgan fingerprint density at radius 2 is 2.24 bits per heavy atom. The predicted molar refractivity (Wildman–Crippen MR) is 70.6 cm³/mol. The highest BCUT2D eigenvalue weighted by molar-refractivity contribution is 5.85. The molecule has 0 amide bonds. The first-order chi connectivity index (χ1) is 10.0. The fourth-order valence-electron chi connectivity index (χ4n) is 1.65. The first kappa shape index (κ1) is 14.4. The summed E-state index contributed by atoms with van der Waals surface area (Å²) in [6, 6.07) is 0.415. The number of carboxylic acid groups (broad SMARTS) is 1. The van der Waals surface area contributed by atoms with Gasteiger partial charge in [-0.3, -0.25) is 4.68 Å². The van der Waals surface area contributed by atoms with E-state index in [9.17, 15) is 14.7 Å². The molecule has 2 heterocycles. The lowest BCUT2D eigenvalue weighted by molar-refractivity contribution is -0.138. The smallest absolute Gasteiger partial charge is 0.376 e. The molecule has 0 spiro atoms. The average Bonchev–Trinajstić information content (AvgIpc) is 2.90. The summed E-state index contributed by atoms with van der Waals surface area (Å²) >= 11 is 0. The molecular formula is C12H13N5O4. The second-order valence-corrected chi connectivity index (χ2v) is 4.12. The van der Waals surface area contributed by atoms with Crippen molar-refractivity contribution in [2.75, 3.05) is 12.4 Å². The van der Waals surface area contributed by atoms with Gasteiger partial charge in [-0.05, 0) is 6.07 Å². The van der Waals surface area contributed by atoms with E-state index < -0.39 is 18.0 Å². The number of anilines is 1. The molecule has 0 aliphatic rings. The van der Waals surface area contributed by atoms with E-state index in [1.54, 1.807) is 13.2 Å². The van der Waals surface area contributed by atoms with Crippen LogP contribution < -0.4 is 5.32 Å². The Labute approximate surface area is 119 Å². The van der Waals surface area contributed by atoms with Gasteiger partial charge in [-0.1, -0.05) is 0 Å². The van der Waals surface area contributed by atoms with E-state index in [-0.39, 0.29) is 11.6 Å². The Morgan fingerprint density at radius 1 is 1.48 bits per heavy atom. The van der Waals surface area contributed by atoms with Crippen molar-refractivity contribution in [1.82, 2.24) is 19.7 Å². The van der Waals surface area contributed by atoms with Crippen LogP contribution in [0.4, 0.5) is 5.82 Å². The maximum atomic E-state index is 11.4. The second kappa shape index (κ2) is 5.99. The molecule has 2 rings (SSSR count). The first-order valence-corrected chi connectivity index (χ1v) is 5.90. The number of aliphatic carboxylic acids is 1. The van der Waals surface area contributed by atoms with Gasteiger partial charge in [0.25, 0.3) is 0 Å². The third kappa shape index (κ3) is 3.32. The molecule has 0 fully saturated rings. The van der Waals surface area contributed by atoms with Crippen LogP contribution >= 0.6 is 0 Å². The molecule has 9 heteroatoms. The van der Waals surface area contributed by atoms with Gasteiger partial charge < -0.3 is 15.2 Å². The molecule has 2 N–H and O–H groups in total. The van der Waals surface area contributed by atoms with Crippen molar-refractivity contribution in [2.24, 2.45) is 7.05 Å². The number of carboxylic acids is 1. The standard InChI is InChI=1S/C12H13N5O4/c1-17-6-7(5-14-17)9(11(18)19)15-8-3-4-13-10(16-8)12(20)21-2/h3-6,9H,1-2H3,(H,18,19)(H,13,15,16). The van der Waals surface area contributed by atoms with Crippen LogP contribution in [0.3, 0.4) is 0 Å². The molecule has 0 saturated carbocycles. The Kier molecular flexibility index (Phi) is 4.12. The van der Waals surface area contributed by atoms with E-state index in [1.165, 1.54) is 30.3 Å². The predicted octanol–water partition coefficient (Wildman–Crippen LogP) is 0.234. The molecule has 0 aromatic carbocycles. The van der Waals surface area contributed by atoms with Gasteiger partial charge >= 0.3 is 11.9 Å². The number of nitrogens with zero attached hydrogens (tertiary/aromatic N) is 4. The van der Waals surface area contributed by atoms with E-state index in [2.05, 4.69) is 25.1 Å². The van der Waals surface area contributed by atoms with Crippen molar-refractivity contribution >= 4 is 17.8 Å². The van der Waals surface area contributed by atoms with Crippen LogP contribution in [0.2, 0.25) is 0 Å². The molecule has 0 radical (unpaired) electrons. The van der Waals surface area contributed by atoms with Crippen LogP contribution in [0.1, 0.15) is 22.2 Å². The number of nitrogens with one attached hydrogen (secondary N) is 1. The molecule has 0 aliphatic heterocycles. The summed E-state index contributed by atoms with van der Waals surface area (Å²) in [7, 11) is 2.89. The molecule has 1 atom stereocenters. The second-order valence-electron chi connectivity index (χ2n) is 4.12. The quantitative estimate of drug-likeness (QED) is 0.751. The normalized spacial score (nSPS) is 11.7. The Balaban J connectivity index is 2.25. The number of hydrogen-bond acceptors (Lipinski definition) is 7. The van der Waals surface area contributed by atoms with Crippen molar-refractivity contribution < 1.29 is 19.4 Å². The highest BCUT2D eigenvalue weighted by Crippen LogP contribution is 2.18. The Morgan fingerprint density at radius 3 is 2.81 bits per heavy atom. The van der Waals surface area contributed by atoms with E-state index in [1.807, 2.05) is 0 Å². The monoisotopic (exact) mass is 291 g/mol. The van der Waals surface area contributed by atoms with Crippen molar-refractivity contribution in [2.45, 2.75) is 6.04 Å². The lowest BCUT2D eigenvalue weighted by Crippen LogP contribution is -2.21. The highest BCUT2D eigenvalue weighted by atomic mass is 16.5. The molecule has 0 aliphatic carbocycles. The summed E-state index contributed by atoms with van der Waals surface area (Å²) in [6.07, 6.45) is 4.35. The molecule has 2 aromatic heterocycles. The van der Waals surface area contributed by atoms with E-state index >= 15 is 0 Å². The van der Waals surface area contributed by atoms with Gasteiger partial charge in [0.2, 0.25) is 5.82 Å². The lowest BCUT2D eigenvalue weighted by atomic mass is 10.1. The minimum atomic E-state index is -1.10. The number of carbonyl (C=O) groups excluding carboxylic acids is 1. The summed E-state index contributed by atoms with van der Waals surface area (Å²) in [5.74, 6) is -1.76. The molecular weight excluding hydrogens is 278 g/mol. The topological polar surface area (TPSA) is 119 Å². The molecule has 0 bridgehead atoms. The van der Waals surface area contributed by atoms with Crippen molar-refractivity contribution in [3.8, 4) is 0 Å². The summed E-state index contributed by atoms with van der Waals surface area (Å²) in [5, 5.41) is 15.9. The third-order valence-corrected chi connectivity index (χ3v) is 2.62. The minimum absolute atomic E-state index is 0.155. The SMILES string of the molecule is COC(=O)c1nccc(NC(C(=O)O)c2cnn(C)c2)n1. The number of ether oxygens (including phenoxy) is 1. The lowest BCUT2D eigenvalue weighted by Gasteiger charge is -2.13. The van der Waals surface area contributed by atoms with Crippen molar-refractivity contribution in [3.63, 3.8) is 0 Å². The molecule has 2 aromatic rings. The largest absolute Gasteiger partial charge is 0.479 e. The van der Waals surface area contributed by atoms with Crippen LogP contribution in [-0.2, 0) is 16.6 Å². The fourth-order valence-corrected chi connectivity index (χ4v) is 1.65. The summed E-state index contributed by atoms with van der Waals surface area (Å²) in [4.78, 5) is 30.4. The van der Waals surface area contributed by atoms with Gasteiger partial charge in [0.15, 0.2) is 6.04 Å². The van der Waals surface area contributed by atoms with Crippen LogP contribution in [0.15, 0.2) is 24.7 Å². The zero-order valence-electron chi connectivity index (χ0n) is 11.3. The van der Waals surface area contributed by atoms with Gasteiger partial charge in [0.05, 0.1) is 13.3 Å². The van der Waals surface area contributed by atoms with Crippen LogP contribution in [0.5, 0.6) is 0 Å². The fraction of sp³-hybridized carbons (Fsp3) is 0.250. The summed E-state index contributed by atoms with van der Waals surface area (Å²) < 4.78 is 6.00. The third-order valence-electron chi connectivity index (χ3n) is 2.62. The minimum Gasteiger partial charge on any atom is -0.479 e. The number of methoxy groups -OCH3 is 1. The van der Waals surface area contributed by atoms with E-state index in [4.69, 9.17) is 0 Å². The van der Waals surface area contributed by atoms with Gasteiger partial charge in [-0.2, -0.15) is 5.10 Å². The van der Waals surface area contributed by atoms with Crippen LogP contribution in [0, 0.1) is 0 Å². The van der Waals surface area contributed by atoms with E-state index in [0.29, 0.717) is 5.56 Å². The highest BCUT2D eigenvalue weighted by Gasteiger charge is 2.22. The van der Waals surface area contributed by atoms with Gasteiger partial charge in [0.1, 0.15) is 5.82 Å². The zero-order chi connectivity index (χ0) is 15.4. The number of aryl methyl sites for hydroxylation is 1. The molecule has 21 heavy (non-hydrogen) atoms. The zero-order valence-corrected chi connectivity index (χ0v) is 11.3.